The number of nitrogens with one attached hydrogen (secondary N) is 1. The molecule has 2 amide bonds. The topological polar surface area (TPSA) is 58.6 Å². The van der Waals surface area contributed by atoms with Gasteiger partial charge in [-0.1, -0.05) is 6.92 Å². The molecule has 0 saturated carbocycles. The summed E-state index contributed by atoms with van der Waals surface area (Å²) in [5, 5.41) is 2.60. The van der Waals surface area contributed by atoms with Crippen molar-refractivity contribution in [3.05, 3.63) is 0 Å². The van der Waals surface area contributed by atoms with Crippen LogP contribution in [-0.2, 0) is 14.3 Å². The molecule has 0 aromatic rings. The number of rotatable bonds is 6. The van der Waals surface area contributed by atoms with E-state index in [0.29, 0.717) is 26.2 Å². The van der Waals surface area contributed by atoms with Crippen LogP contribution in [-0.4, -0.2) is 49.1 Å². The average molecular weight is 228 g/mol. The Hall–Kier alpha value is -1.10. The Kier molecular flexibility index (Phi) is 5.25. The van der Waals surface area contributed by atoms with E-state index < -0.39 is 0 Å². The summed E-state index contributed by atoms with van der Waals surface area (Å²) in [6, 6.07) is -0.303. The molecule has 1 saturated heterocycles. The summed E-state index contributed by atoms with van der Waals surface area (Å²) in [5.41, 5.74) is 0. The van der Waals surface area contributed by atoms with Crippen LogP contribution in [0, 0.1) is 0 Å². The Bertz CT molecular complexity index is 256. The number of ether oxygens (including phenoxy) is 1. The molecule has 0 aromatic heterocycles. The maximum Gasteiger partial charge on any atom is 0.243 e. The Morgan fingerprint density at radius 2 is 2.19 bits per heavy atom. The van der Waals surface area contributed by atoms with Gasteiger partial charge in [0.2, 0.25) is 11.8 Å². The van der Waals surface area contributed by atoms with Gasteiger partial charge in [-0.2, -0.15) is 0 Å². The lowest BCUT2D eigenvalue weighted by atomic mass is 10.1. The van der Waals surface area contributed by atoms with E-state index in [9.17, 15) is 9.59 Å². The third-order valence-electron chi connectivity index (χ3n) is 2.69. The van der Waals surface area contributed by atoms with Gasteiger partial charge in [0, 0.05) is 19.8 Å². The number of nitrogens with zero attached hydrogens (tertiary/aromatic N) is 1. The molecule has 0 spiro atoms. The predicted octanol–water partition coefficient (Wildman–Crippen LogP) is 0.150. The summed E-state index contributed by atoms with van der Waals surface area (Å²) < 4.78 is 5.22. The fourth-order valence-electron chi connectivity index (χ4n) is 1.87. The van der Waals surface area contributed by atoms with Gasteiger partial charge in [0.1, 0.15) is 6.04 Å². The maximum absolute atomic E-state index is 11.6. The van der Waals surface area contributed by atoms with Crippen LogP contribution in [0.2, 0.25) is 0 Å². The average Bonchev–Trinajstić information content (AvgIpc) is 2.29. The number of piperazine rings is 1. The van der Waals surface area contributed by atoms with E-state index in [4.69, 9.17) is 4.74 Å². The van der Waals surface area contributed by atoms with Gasteiger partial charge in [0.05, 0.1) is 6.54 Å². The van der Waals surface area contributed by atoms with E-state index >= 15 is 0 Å². The van der Waals surface area contributed by atoms with Gasteiger partial charge in [-0.15, -0.1) is 0 Å². The summed E-state index contributed by atoms with van der Waals surface area (Å²) in [6.45, 7) is 5.91. The van der Waals surface area contributed by atoms with Gasteiger partial charge in [0.15, 0.2) is 0 Å². The number of amides is 2. The highest BCUT2D eigenvalue weighted by Gasteiger charge is 2.32. The van der Waals surface area contributed by atoms with Crippen molar-refractivity contribution < 1.29 is 14.3 Å². The monoisotopic (exact) mass is 228 g/mol. The summed E-state index contributed by atoms with van der Waals surface area (Å²) in [5.74, 6) is -0.0403. The second-order valence-electron chi connectivity index (χ2n) is 3.78. The first-order chi connectivity index (χ1) is 7.70. The van der Waals surface area contributed by atoms with Crippen LogP contribution >= 0.6 is 0 Å². The van der Waals surface area contributed by atoms with Gasteiger partial charge in [-0.25, -0.2) is 0 Å². The molecule has 1 unspecified atom stereocenters. The summed E-state index contributed by atoms with van der Waals surface area (Å²) >= 11 is 0. The highest BCUT2D eigenvalue weighted by molar-refractivity contribution is 5.94. The van der Waals surface area contributed by atoms with Crippen LogP contribution in [0.3, 0.4) is 0 Å². The van der Waals surface area contributed by atoms with Crippen molar-refractivity contribution in [2.24, 2.45) is 0 Å². The second-order valence-corrected chi connectivity index (χ2v) is 3.78. The molecule has 1 fully saturated rings. The van der Waals surface area contributed by atoms with E-state index in [1.807, 2.05) is 13.8 Å². The molecule has 5 heteroatoms. The molecule has 1 N–H and O–H groups in total. The molecule has 0 aromatic carbocycles. The molecular formula is C11H20N2O3. The van der Waals surface area contributed by atoms with E-state index in [1.165, 1.54) is 0 Å². The fourth-order valence-corrected chi connectivity index (χ4v) is 1.87. The summed E-state index contributed by atoms with van der Waals surface area (Å²) in [7, 11) is 0. The van der Waals surface area contributed by atoms with Crippen molar-refractivity contribution in [3.8, 4) is 0 Å². The molecule has 1 atom stereocenters. The van der Waals surface area contributed by atoms with Crippen molar-refractivity contribution in [1.82, 2.24) is 10.2 Å². The zero-order valence-corrected chi connectivity index (χ0v) is 9.99. The van der Waals surface area contributed by atoms with Gasteiger partial charge < -0.3 is 15.0 Å². The van der Waals surface area contributed by atoms with Crippen molar-refractivity contribution in [2.75, 3.05) is 26.3 Å². The maximum atomic E-state index is 11.6. The summed E-state index contributed by atoms with van der Waals surface area (Å²) in [6.07, 6.45) is 1.44. The lowest BCUT2D eigenvalue weighted by Crippen LogP contribution is -2.58. The Morgan fingerprint density at radius 3 is 2.81 bits per heavy atom. The van der Waals surface area contributed by atoms with Crippen molar-refractivity contribution in [1.29, 1.82) is 0 Å². The fraction of sp³-hybridized carbons (Fsp3) is 0.818. The van der Waals surface area contributed by atoms with E-state index in [1.54, 1.807) is 4.90 Å². The number of carbonyl (C=O) groups excluding carboxylic acids is 2. The standard InChI is InChI=1S/C11H20N2O3/c1-3-9-11(15)12-8-10(14)13(9)6-5-7-16-4-2/h9H,3-8H2,1-2H3,(H,12,15). The molecule has 16 heavy (non-hydrogen) atoms. The predicted molar refractivity (Wildman–Crippen MR) is 59.9 cm³/mol. The first-order valence-electron chi connectivity index (χ1n) is 5.85. The van der Waals surface area contributed by atoms with Crippen molar-refractivity contribution in [3.63, 3.8) is 0 Å². The van der Waals surface area contributed by atoms with Crippen LogP contribution in [0.25, 0.3) is 0 Å². The smallest absolute Gasteiger partial charge is 0.243 e. The van der Waals surface area contributed by atoms with E-state index in [-0.39, 0.29) is 24.4 Å². The molecule has 0 aliphatic carbocycles. The molecule has 0 radical (unpaired) electrons. The second kappa shape index (κ2) is 6.48. The zero-order chi connectivity index (χ0) is 12.0. The zero-order valence-electron chi connectivity index (χ0n) is 9.99. The van der Waals surface area contributed by atoms with Crippen LogP contribution in [0.5, 0.6) is 0 Å². The van der Waals surface area contributed by atoms with Gasteiger partial charge in [-0.3, -0.25) is 9.59 Å². The van der Waals surface area contributed by atoms with Crippen molar-refractivity contribution >= 4 is 11.8 Å². The highest BCUT2D eigenvalue weighted by Crippen LogP contribution is 2.10. The van der Waals surface area contributed by atoms with Gasteiger partial charge in [0.25, 0.3) is 0 Å². The van der Waals surface area contributed by atoms with Gasteiger partial charge in [-0.05, 0) is 19.8 Å². The third kappa shape index (κ3) is 3.20. The van der Waals surface area contributed by atoms with E-state index in [0.717, 1.165) is 6.42 Å². The lowest BCUT2D eigenvalue weighted by Gasteiger charge is -2.34. The molecule has 1 rings (SSSR count). The largest absolute Gasteiger partial charge is 0.382 e. The third-order valence-corrected chi connectivity index (χ3v) is 2.69. The Morgan fingerprint density at radius 1 is 1.44 bits per heavy atom. The molecule has 0 bridgehead atoms. The van der Waals surface area contributed by atoms with Crippen LogP contribution in [0.15, 0.2) is 0 Å². The highest BCUT2D eigenvalue weighted by atomic mass is 16.5. The Balaban J connectivity index is 2.45. The van der Waals surface area contributed by atoms with Crippen molar-refractivity contribution in [2.45, 2.75) is 32.7 Å². The molecule has 92 valence electrons. The quantitative estimate of drug-likeness (QED) is 0.658. The molecule has 5 nitrogen and oxygen atoms in total. The minimum atomic E-state index is -0.303. The summed E-state index contributed by atoms with van der Waals surface area (Å²) in [4.78, 5) is 24.8. The normalized spacial score (nSPS) is 21.1. The molecule has 1 heterocycles. The minimum absolute atomic E-state index is 0.00273. The van der Waals surface area contributed by atoms with E-state index in [2.05, 4.69) is 5.32 Å². The van der Waals surface area contributed by atoms with Crippen LogP contribution < -0.4 is 5.32 Å². The Labute approximate surface area is 96.1 Å². The molecule has 1 aliphatic heterocycles. The number of carbonyl (C=O) groups is 2. The molecular weight excluding hydrogens is 208 g/mol. The first-order valence-corrected chi connectivity index (χ1v) is 5.85. The SMILES string of the molecule is CCOCCCN1C(=O)CNC(=O)C1CC. The van der Waals surface area contributed by atoms with Crippen LogP contribution in [0.1, 0.15) is 26.7 Å². The number of hydrogen-bond acceptors (Lipinski definition) is 3. The van der Waals surface area contributed by atoms with Gasteiger partial charge >= 0.3 is 0 Å². The minimum Gasteiger partial charge on any atom is -0.382 e. The molecule has 1 aliphatic rings. The first kappa shape index (κ1) is 13.0. The number of hydrogen-bond donors (Lipinski definition) is 1. The van der Waals surface area contributed by atoms with Crippen LogP contribution in [0.4, 0.5) is 0 Å². The lowest BCUT2D eigenvalue weighted by molar-refractivity contribution is -0.145.